The van der Waals surface area contributed by atoms with Gasteiger partial charge in [0.2, 0.25) is 11.8 Å². The molecule has 0 bridgehead atoms. The van der Waals surface area contributed by atoms with Crippen LogP contribution in [0.4, 0.5) is 30.2 Å². The van der Waals surface area contributed by atoms with Crippen LogP contribution in [-0.4, -0.2) is 85.7 Å². The van der Waals surface area contributed by atoms with Gasteiger partial charge in [-0.3, -0.25) is 24.4 Å². The highest BCUT2D eigenvalue weighted by atomic mass is 19.3. The summed E-state index contributed by atoms with van der Waals surface area (Å²) in [4.78, 5) is 41.5. The Morgan fingerprint density at radius 1 is 1.09 bits per heavy atom. The highest BCUT2D eigenvalue weighted by Gasteiger charge is 2.34. The molecule has 14 heteroatoms. The van der Waals surface area contributed by atoms with Crippen LogP contribution in [0.1, 0.15) is 63.0 Å². The quantitative estimate of drug-likeness (QED) is 0.117. The Hall–Kier alpha value is -5.53. The molecule has 11 nitrogen and oxygen atoms in total. The molecule has 0 spiro atoms. The van der Waals surface area contributed by atoms with Gasteiger partial charge in [-0.15, -0.1) is 0 Å². The normalized spacial score (nSPS) is 20.7. The van der Waals surface area contributed by atoms with Crippen LogP contribution in [0.5, 0.6) is 0 Å². The first-order valence-electron chi connectivity index (χ1n) is 19.6. The molecule has 2 atom stereocenters. The maximum atomic E-state index is 15.3. The van der Waals surface area contributed by atoms with Crippen LogP contribution >= 0.6 is 0 Å². The number of benzene rings is 2. The topological polar surface area (TPSA) is 112 Å². The zero-order valence-corrected chi connectivity index (χ0v) is 32.9. The van der Waals surface area contributed by atoms with Crippen molar-refractivity contribution in [1.82, 2.24) is 20.0 Å². The molecule has 3 aliphatic heterocycles. The zero-order chi connectivity index (χ0) is 40.4. The molecule has 2 N–H and O–H groups in total. The van der Waals surface area contributed by atoms with Gasteiger partial charge in [0.15, 0.2) is 0 Å². The lowest BCUT2D eigenvalue weighted by molar-refractivity contribution is -0.133. The van der Waals surface area contributed by atoms with Gasteiger partial charge in [-0.1, -0.05) is 0 Å². The predicted octanol–water partition coefficient (Wildman–Crippen LogP) is 6.78. The first-order chi connectivity index (χ1) is 27.4. The molecule has 3 aromatic rings. The number of nitrogens with zero attached hydrogens (tertiary/aromatic N) is 5. The zero-order valence-electron chi connectivity index (χ0n) is 32.9. The largest absolute Gasteiger partial charge is 0.501 e. The molecule has 57 heavy (non-hydrogen) atoms. The Morgan fingerprint density at radius 2 is 1.88 bits per heavy atom. The fourth-order valence-corrected chi connectivity index (χ4v) is 8.56. The van der Waals surface area contributed by atoms with Gasteiger partial charge in [-0.25, -0.2) is 13.2 Å². The van der Waals surface area contributed by atoms with Gasteiger partial charge in [0.25, 0.3) is 6.43 Å². The number of fused-ring (bicyclic) bond motifs is 1. The van der Waals surface area contributed by atoms with Crippen LogP contribution in [0.15, 0.2) is 77.5 Å². The number of aromatic nitrogens is 2. The minimum Gasteiger partial charge on any atom is -0.501 e. The van der Waals surface area contributed by atoms with E-state index in [1.54, 1.807) is 38.4 Å². The van der Waals surface area contributed by atoms with E-state index in [1.165, 1.54) is 6.07 Å². The Kier molecular flexibility index (Phi) is 11.8. The number of halogens is 3. The van der Waals surface area contributed by atoms with Crippen molar-refractivity contribution in [2.45, 2.75) is 76.9 Å². The number of alkyl halides is 2. The van der Waals surface area contributed by atoms with Gasteiger partial charge in [0.1, 0.15) is 18.1 Å². The molecule has 4 aliphatic rings. The number of amides is 2. The average molecular weight is 786 g/mol. The van der Waals surface area contributed by atoms with Crippen LogP contribution < -0.4 is 20.4 Å². The average Bonchev–Trinajstić information content (AvgIpc) is 3.66. The van der Waals surface area contributed by atoms with Crippen molar-refractivity contribution in [2.75, 3.05) is 56.0 Å². The number of imide groups is 1. The molecule has 2 fully saturated rings. The van der Waals surface area contributed by atoms with E-state index < -0.39 is 18.4 Å². The first-order valence-corrected chi connectivity index (χ1v) is 19.6. The van der Waals surface area contributed by atoms with Crippen LogP contribution in [-0.2, 0) is 32.1 Å². The molecule has 2 aromatic carbocycles. The number of likely N-dealkylation sites (N-methyl/N-ethyl adjacent to an activating group) is 1. The smallest absolute Gasteiger partial charge is 0.264 e. The third-order valence-corrected chi connectivity index (χ3v) is 11.5. The number of carbonyl (C=O) groups is 3. The lowest BCUT2D eigenvalue weighted by atomic mass is 9.87. The number of aryl methyl sites for hydroxylation is 1. The van der Waals surface area contributed by atoms with E-state index in [0.717, 1.165) is 60.2 Å². The maximum absolute atomic E-state index is 15.3. The summed E-state index contributed by atoms with van der Waals surface area (Å²) in [5.74, 6) is -0.0530. The minimum atomic E-state index is -2.71. The number of allylic oxidation sites excluding steroid dienone is 2. The Bertz CT molecular complexity index is 2120. The van der Waals surface area contributed by atoms with Crippen LogP contribution in [0.3, 0.4) is 0 Å². The van der Waals surface area contributed by atoms with Gasteiger partial charge in [0, 0.05) is 87.5 Å². The van der Waals surface area contributed by atoms with E-state index >= 15 is 4.39 Å². The molecule has 2 unspecified atom stereocenters. The summed E-state index contributed by atoms with van der Waals surface area (Å²) in [6, 6.07) is 7.59. The van der Waals surface area contributed by atoms with E-state index in [-0.39, 0.29) is 35.7 Å². The minimum absolute atomic E-state index is 0.0508. The Morgan fingerprint density at radius 3 is 2.56 bits per heavy atom. The molecule has 4 heterocycles. The second-order valence-corrected chi connectivity index (χ2v) is 15.6. The van der Waals surface area contributed by atoms with Gasteiger partial charge >= 0.3 is 0 Å². The first kappa shape index (κ1) is 39.7. The Balaban J connectivity index is 1.05. The van der Waals surface area contributed by atoms with Crippen molar-refractivity contribution < 1.29 is 32.3 Å². The van der Waals surface area contributed by atoms with E-state index in [9.17, 15) is 23.2 Å². The van der Waals surface area contributed by atoms with Gasteiger partial charge in [0.05, 0.1) is 30.8 Å². The lowest BCUT2D eigenvalue weighted by Gasteiger charge is -2.42. The summed E-state index contributed by atoms with van der Waals surface area (Å²) < 4.78 is 52.8. The Labute approximate surface area is 331 Å². The van der Waals surface area contributed by atoms with E-state index in [0.29, 0.717) is 67.1 Å². The summed E-state index contributed by atoms with van der Waals surface area (Å²) in [7, 11) is 5.51. The molecule has 0 saturated carbocycles. The molecule has 7 rings (SSSR count). The number of hydrogen-bond donors (Lipinski definition) is 2. The second kappa shape index (κ2) is 16.9. The number of aldehydes is 1. The van der Waals surface area contributed by atoms with Crippen molar-refractivity contribution in [3.63, 3.8) is 0 Å². The number of rotatable bonds is 12. The van der Waals surface area contributed by atoms with E-state index in [2.05, 4.69) is 20.6 Å². The monoisotopic (exact) mass is 785 g/mol. The van der Waals surface area contributed by atoms with Crippen molar-refractivity contribution in [3.05, 3.63) is 94.4 Å². The summed E-state index contributed by atoms with van der Waals surface area (Å²) >= 11 is 0. The summed E-state index contributed by atoms with van der Waals surface area (Å²) in [6.45, 7) is 4.34. The van der Waals surface area contributed by atoms with Gasteiger partial charge in [-0.2, -0.15) is 5.10 Å². The molecular formula is C43H50F3N7O4. The van der Waals surface area contributed by atoms with Crippen LogP contribution in [0, 0.1) is 11.7 Å². The van der Waals surface area contributed by atoms with Crippen molar-refractivity contribution in [2.24, 2.45) is 5.92 Å². The van der Waals surface area contributed by atoms with Crippen molar-refractivity contribution in [1.29, 1.82) is 0 Å². The molecule has 302 valence electrons. The van der Waals surface area contributed by atoms with Gasteiger partial charge in [-0.05, 0) is 110 Å². The third kappa shape index (κ3) is 8.59. The third-order valence-electron chi connectivity index (χ3n) is 11.5. The van der Waals surface area contributed by atoms with E-state index in [1.807, 2.05) is 53.0 Å². The fourth-order valence-electron chi connectivity index (χ4n) is 8.56. The lowest BCUT2D eigenvalue weighted by Crippen LogP contribution is -2.47. The predicted molar refractivity (Wildman–Crippen MR) is 213 cm³/mol. The number of hydrogen-bond acceptors (Lipinski definition) is 9. The molecule has 2 amide bonds. The standard InChI is InChI=1S/C43H50F3N7O4/c1-26(25-54)16-34-39(50(2)3)19-31(57-4)20-40(34)53-13-5-6-28-17-32(33(42(45)46)21-38(28)53)29-22-47-52(24-29)23-27-11-14-51(15-12-27)37-9-7-30(18-35(37)44)48-36-8-10-41(55)49-43(36)56/h7,9,16-19,21-22,24-25,27,36,40,42,48H,5-6,8,10-15,20,23H2,1-4H3,(H,49,55,56)/b26-16-. The van der Waals surface area contributed by atoms with Crippen LogP contribution in [0.25, 0.3) is 11.1 Å². The number of carbonyl (C=O) groups excluding carboxylic acids is 3. The van der Waals surface area contributed by atoms with Crippen molar-refractivity contribution >= 4 is 35.2 Å². The SMILES string of the molecule is COC1=CC(N(C)C)=C(/C=C(/C)C=O)C(N2CCCc3cc(-c4cnn(CC5CCN(c6ccc(NC7CCC(=O)NC7=O)cc6F)CC5)c4)c(C(F)F)cc32)C1. The highest BCUT2D eigenvalue weighted by Crippen LogP contribution is 2.43. The number of piperidine rings is 2. The van der Waals surface area contributed by atoms with Crippen molar-refractivity contribution in [3.8, 4) is 11.1 Å². The molecule has 2 saturated heterocycles. The molecule has 1 aromatic heterocycles. The van der Waals surface area contributed by atoms with E-state index in [4.69, 9.17) is 4.74 Å². The number of anilines is 3. The highest BCUT2D eigenvalue weighted by molar-refractivity contribution is 6.01. The number of methoxy groups -OCH3 is 1. The second-order valence-electron chi connectivity index (χ2n) is 15.6. The summed E-state index contributed by atoms with van der Waals surface area (Å²) in [5, 5.41) is 9.94. The molecular weight excluding hydrogens is 736 g/mol. The van der Waals surface area contributed by atoms with Gasteiger partial charge < -0.3 is 24.8 Å². The molecule has 0 radical (unpaired) electrons. The summed E-state index contributed by atoms with van der Waals surface area (Å²) in [6.07, 6.45) is 9.82. The molecule has 1 aliphatic carbocycles. The maximum Gasteiger partial charge on any atom is 0.264 e. The fraction of sp³-hybridized carbons (Fsp3) is 0.442. The van der Waals surface area contributed by atoms with Crippen LogP contribution in [0.2, 0.25) is 0 Å². The number of nitrogens with one attached hydrogen (secondary N) is 2. The number of ether oxygens (including phenoxy) is 1. The summed E-state index contributed by atoms with van der Waals surface area (Å²) in [5.41, 5.74) is 6.21.